The third-order valence-electron chi connectivity index (χ3n) is 5.44. The fraction of sp³-hybridized carbons (Fsp3) is 0.318. The van der Waals surface area contributed by atoms with Crippen molar-refractivity contribution in [2.24, 2.45) is 0 Å². The van der Waals surface area contributed by atoms with Crippen molar-refractivity contribution in [1.82, 2.24) is 19.4 Å². The summed E-state index contributed by atoms with van der Waals surface area (Å²) in [7, 11) is 2.08. The third-order valence-corrected chi connectivity index (χ3v) is 5.93. The van der Waals surface area contributed by atoms with Crippen molar-refractivity contribution in [2.45, 2.75) is 19.0 Å². The minimum absolute atomic E-state index is 0.0323. The number of hydrogen-bond acceptors (Lipinski definition) is 4. The number of benzene rings is 2. The second-order valence-corrected chi connectivity index (χ2v) is 8.35. The molecule has 2 heterocycles. The minimum Gasteiger partial charge on any atom is -0.333 e. The smallest absolute Gasteiger partial charge is 0.261 e. The lowest BCUT2D eigenvalue weighted by Gasteiger charge is -2.40. The van der Waals surface area contributed by atoms with Gasteiger partial charge in [0.2, 0.25) is 5.91 Å². The summed E-state index contributed by atoms with van der Waals surface area (Å²) >= 11 is 3.40. The fourth-order valence-electron chi connectivity index (χ4n) is 3.83. The molecule has 150 valence electrons. The molecule has 1 aliphatic rings. The quantitative estimate of drug-likeness (QED) is 0.607. The van der Waals surface area contributed by atoms with Crippen molar-refractivity contribution in [3.63, 3.8) is 0 Å². The second-order valence-electron chi connectivity index (χ2n) is 7.43. The number of carbonyl (C=O) groups is 1. The molecule has 1 aliphatic heterocycles. The predicted molar refractivity (Wildman–Crippen MR) is 117 cm³/mol. The number of nitrogens with zero attached hydrogens (tertiary/aromatic N) is 4. The van der Waals surface area contributed by atoms with Gasteiger partial charge in [-0.1, -0.05) is 46.3 Å². The Morgan fingerprint density at radius 3 is 2.76 bits per heavy atom. The van der Waals surface area contributed by atoms with Crippen LogP contribution in [0.4, 0.5) is 0 Å². The van der Waals surface area contributed by atoms with E-state index in [0.717, 1.165) is 23.1 Å². The molecule has 1 saturated heterocycles. The standard InChI is InChI=1S/C22H23BrN4O2/c1-25-11-12-27(20(14-25)16-5-3-2-4-6-16)21(28)9-10-26-15-24-19-8-7-17(23)13-18(19)22(26)29/h2-8,13,15,20H,9-12,14H2,1H3. The molecule has 1 aromatic heterocycles. The minimum atomic E-state index is -0.123. The molecule has 0 bridgehead atoms. The number of aryl methyl sites for hydroxylation is 1. The number of likely N-dealkylation sites (N-methyl/N-ethyl adjacent to an activating group) is 1. The maximum Gasteiger partial charge on any atom is 0.261 e. The molecule has 7 heteroatoms. The first-order chi connectivity index (χ1) is 14.0. The van der Waals surface area contributed by atoms with Gasteiger partial charge in [0.1, 0.15) is 0 Å². The zero-order valence-corrected chi connectivity index (χ0v) is 17.9. The molecule has 6 nitrogen and oxygen atoms in total. The van der Waals surface area contributed by atoms with Crippen molar-refractivity contribution >= 4 is 32.7 Å². The summed E-state index contributed by atoms with van der Waals surface area (Å²) in [6.07, 6.45) is 1.80. The molecule has 0 spiro atoms. The van der Waals surface area contributed by atoms with Crippen molar-refractivity contribution in [3.05, 3.63) is 75.2 Å². The highest BCUT2D eigenvalue weighted by Gasteiger charge is 2.29. The van der Waals surface area contributed by atoms with Gasteiger partial charge in [-0.25, -0.2) is 4.98 Å². The van der Waals surface area contributed by atoms with Gasteiger partial charge in [0.15, 0.2) is 0 Å². The Hall–Kier alpha value is -2.51. The Morgan fingerprint density at radius 1 is 1.17 bits per heavy atom. The summed E-state index contributed by atoms with van der Waals surface area (Å²) in [5, 5.41) is 0.552. The van der Waals surface area contributed by atoms with Crippen molar-refractivity contribution in [2.75, 3.05) is 26.7 Å². The Labute approximate surface area is 177 Å². The van der Waals surface area contributed by atoms with Crippen molar-refractivity contribution in [3.8, 4) is 0 Å². The molecule has 1 unspecified atom stereocenters. The Morgan fingerprint density at radius 2 is 1.97 bits per heavy atom. The van der Waals surface area contributed by atoms with E-state index in [9.17, 15) is 9.59 Å². The molecule has 1 atom stereocenters. The van der Waals surface area contributed by atoms with Crippen LogP contribution in [0, 0.1) is 0 Å². The van der Waals surface area contributed by atoms with Crippen LogP contribution in [0.2, 0.25) is 0 Å². The molecular formula is C22H23BrN4O2. The first-order valence-corrected chi connectivity index (χ1v) is 10.5. The van der Waals surface area contributed by atoms with E-state index in [1.807, 2.05) is 35.2 Å². The highest BCUT2D eigenvalue weighted by molar-refractivity contribution is 9.10. The van der Waals surface area contributed by atoms with Crippen LogP contribution in [0.15, 0.2) is 64.1 Å². The Balaban J connectivity index is 1.52. The maximum atomic E-state index is 13.1. The van der Waals surface area contributed by atoms with Gasteiger partial charge < -0.3 is 9.80 Å². The largest absolute Gasteiger partial charge is 0.333 e. The van der Waals surface area contributed by atoms with Crippen LogP contribution in [-0.4, -0.2) is 51.9 Å². The molecule has 0 saturated carbocycles. The zero-order chi connectivity index (χ0) is 20.4. The van der Waals surface area contributed by atoms with Gasteiger partial charge in [-0.2, -0.15) is 0 Å². The van der Waals surface area contributed by atoms with E-state index in [1.165, 1.54) is 10.9 Å². The van der Waals surface area contributed by atoms with Gasteiger partial charge in [0.05, 0.1) is 23.3 Å². The number of rotatable bonds is 4. The zero-order valence-electron chi connectivity index (χ0n) is 16.3. The molecule has 1 amide bonds. The average Bonchev–Trinajstić information content (AvgIpc) is 2.74. The summed E-state index contributed by atoms with van der Waals surface area (Å²) in [4.78, 5) is 34.4. The van der Waals surface area contributed by atoms with Gasteiger partial charge in [-0.05, 0) is 30.8 Å². The first kappa shape index (κ1) is 19.8. The molecule has 0 aliphatic carbocycles. The van der Waals surface area contributed by atoms with Gasteiger partial charge >= 0.3 is 0 Å². The van der Waals surface area contributed by atoms with Crippen LogP contribution in [0.5, 0.6) is 0 Å². The second kappa shape index (κ2) is 8.47. The van der Waals surface area contributed by atoms with Gasteiger partial charge in [0, 0.05) is 37.1 Å². The van der Waals surface area contributed by atoms with Gasteiger partial charge in [0.25, 0.3) is 5.56 Å². The summed E-state index contributed by atoms with van der Waals surface area (Å²) in [5.41, 5.74) is 1.67. The number of aromatic nitrogens is 2. The number of hydrogen-bond donors (Lipinski definition) is 0. The molecular weight excluding hydrogens is 432 g/mol. The van der Waals surface area contributed by atoms with E-state index in [0.29, 0.717) is 24.0 Å². The highest BCUT2D eigenvalue weighted by atomic mass is 79.9. The molecule has 1 fully saturated rings. The number of fused-ring (bicyclic) bond motifs is 1. The molecule has 0 N–H and O–H groups in total. The summed E-state index contributed by atoms with van der Waals surface area (Å²) in [6, 6.07) is 15.6. The van der Waals surface area contributed by atoms with Gasteiger partial charge in [-0.15, -0.1) is 0 Å². The Bertz CT molecular complexity index is 1080. The lowest BCUT2D eigenvalue weighted by atomic mass is 10.0. The van der Waals surface area contributed by atoms with Crippen LogP contribution >= 0.6 is 15.9 Å². The highest BCUT2D eigenvalue weighted by Crippen LogP contribution is 2.25. The Kier molecular flexibility index (Phi) is 5.78. The van der Waals surface area contributed by atoms with E-state index in [2.05, 4.69) is 45.0 Å². The van der Waals surface area contributed by atoms with Crippen molar-refractivity contribution < 1.29 is 4.79 Å². The number of carbonyl (C=O) groups excluding carboxylic acids is 1. The van der Waals surface area contributed by atoms with E-state index < -0.39 is 0 Å². The van der Waals surface area contributed by atoms with E-state index >= 15 is 0 Å². The monoisotopic (exact) mass is 454 g/mol. The fourth-order valence-corrected chi connectivity index (χ4v) is 4.19. The van der Waals surface area contributed by atoms with Crippen molar-refractivity contribution in [1.29, 1.82) is 0 Å². The van der Waals surface area contributed by atoms with Gasteiger partial charge in [-0.3, -0.25) is 14.2 Å². The predicted octanol–water partition coefficient (Wildman–Crippen LogP) is 3.06. The van der Waals surface area contributed by atoms with E-state index in [1.54, 1.807) is 6.07 Å². The van der Waals surface area contributed by atoms with E-state index in [-0.39, 0.29) is 23.9 Å². The third kappa shape index (κ3) is 4.26. The molecule has 3 aromatic rings. The summed E-state index contributed by atoms with van der Waals surface area (Å²) < 4.78 is 2.36. The number of amides is 1. The SMILES string of the molecule is CN1CCN(C(=O)CCn2cnc3ccc(Br)cc3c2=O)C(c2ccccc2)C1. The van der Waals surface area contributed by atoms with Crippen LogP contribution in [0.3, 0.4) is 0 Å². The topological polar surface area (TPSA) is 58.4 Å². The molecule has 29 heavy (non-hydrogen) atoms. The van der Waals surface area contributed by atoms with Crippen LogP contribution < -0.4 is 5.56 Å². The number of halogens is 1. The summed E-state index contributed by atoms with van der Waals surface area (Å²) in [6.45, 7) is 2.66. The normalized spacial score (nSPS) is 17.6. The van der Waals surface area contributed by atoms with Crippen LogP contribution in [-0.2, 0) is 11.3 Å². The lowest BCUT2D eigenvalue weighted by Crippen LogP contribution is -2.49. The molecule has 4 rings (SSSR count). The van der Waals surface area contributed by atoms with Crippen LogP contribution in [0.25, 0.3) is 10.9 Å². The molecule has 2 aromatic carbocycles. The number of piperazine rings is 1. The molecule has 0 radical (unpaired) electrons. The lowest BCUT2D eigenvalue weighted by molar-refractivity contribution is -0.136. The average molecular weight is 455 g/mol. The summed E-state index contributed by atoms with van der Waals surface area (Å²) in [5.74, 6) is 0.0631. The maximum absolute atomic E-state index is 13.1. The van der Waals surface area contributed by atoms with E-state index in [4.69, 9.17) is 0 Å². The van der Waals surface area contributed by atoms with Crippen LogP contribution in [0.1, 0.15) is 18.0 Å². The first-order valence-electron chi connectivity index (χ1n) is 9.70.